The normalized spacial score (nSPS) is 1.13. The van der Waals surface area contributed by atoms with E-state index in [1.165, 1.54) is 0 Å². The topological polar surface area (TPSA) is 23.8 Å². The molecule has 0 unspecified atom stereocenters. The van der Waals surface area contributed by atoms with Gasteiger partial charge in [0.25, 0.3) is 0 Å². The first-order chi connectivity index (χ1) is 3.39. The molecular weight excluding hydrogens is 6360 g/mol. The Morgan fingerprint density at radius 2 is 0.283 bits per heavy atom. The van der Waals surface area contributed by atoms with Crippen molar-refractivity contribution in [2.75, 3.05) is 0 Å². The van der Waals surface area contributed by atoms with Crippen LogP contribution in [-0.4, -0.2) is 0 Å². The van der Waals surface area contributed by atoms with E-state index in [9.17, 15) is 0 Å². The van der Waals surface area contributed by atoms with Crippen LogP contribution in [0.25, 0.3) is 5.73 Å². The zero-order valence-corrected chi connectivity index (χ0v) is 159. The molecule has 0 saturated heterocycles. The molecule has 0 heterocycles. The van der Waals surface area contributed by atoms with Crippen LogP contribution in [-0.2, 0) is 1240 Å². The van der Waals surface area contributed by atoms with E-state index in [0.717, 1.165) is 0 Å². The number of rotatable bonds is 0. The largest absolute Gasteiger partial charge is 0.740 e. The summed E-state index contributed by atoms with van der Waals surface area (Å²) in [5.74, 6) is 0. The van der Waals surface area contributed by atoms with Gasteiger partial charge in [-0.2, -0.15) is 0 Å². The number of hydrogen-bond acceptors (Lipinski definition) is 0. The summed E-state index contributed by atoms with van der Waals surface area (Å²) in [6.07, 6.45) is 0. The second-order valence-electron chi connectivity index (χ2n) is 1.19. The van der Waals surface area contributed by atoms with Gasteiger partial charge in [-0.25, -0.2) is 0 Å². The van der Waals surface area contributed by atoms with Gasteiger partial charge in [-0.15, -0.1) is 0 Å². The minimum absolute atomic E-state index is 0. The molecule has 0 spiro atoms. The van der Waals surface area contributed by atoms with Crippen molar-refractivity contribution < 1.29 is 1240 Å². The van der Waals surface area contributed by atoms with Crippen molar-refractivity contribution >= 4 is 5.69 Å². The van der Waals surface area contributed by atoms with E-state index >= 15 is 0 Å². The van der Waals surface area contributed by atoms with Crippen LogP contribution in [0, 0.1) is 12.1 Å². The molecule has 1 rings (SSSR count). The minimum Gasteiger partial charge on any atom is -0.740 e. The van der Waals surface area contributed by atoms with Gasteiger partial charge in [0.05, 0.1) is 0 Å². The van der Waals surface area contributed by atoms with Crippen LogP contribution in [0.15, 0.2) is 18.2 Å². The molecule has 0 aliphatic heterocycles. The molecule has 1 aromatic rings. The quantitative estimate of drug-likeness (QED) is 0.355. The van der Waals surface area contributed by atoms with E-state index in [-0.39, 0.29) is 1240 Å². The van der Waals surface area contributed by atoms with Crippen molar-refractivity contribution in [3.63, 3.8) is 0 Å². The van der Waals surface area contributed by atoms with E-state index in [0.29, 0.717) is 5.69 Å². The van der Waals surface area contributed by atoms with Gasteiger partial charge in [-0.05, 0) is 0 Å². The second kappa shape index (κ2) is 330. The molecule has 1 N–H and O–H groups in total. The Bertz CT molecular complexity index is 210. The first kappa shape index (κ1) is 355. The summed E-state index contributed by atoms with van der Waals surface area (Å²) in [6.45, 7) is 0. The number of benzene rings is 1. The predicted molar refractivity (Wildman–Crippen MR) is 28.1 cm³/mol. The van der Waals surface area contributed by atoms with Crippen molar-refractivity contribution in [2.45, 2.75) is 0 Å². The summed E-state index contributed by atoms with van der Waals surface area (Å²) in [4.78, 5) is 0. The van der Waals surface area contributed by atoms with Gasteiger partial charge >= 0.3 is 0 Å². The average molecular weight is 6360 g/mol. The van der Waals surface area contributed by atoms with Crippen LogP contribution in [0.1, 0.15) is 0 Å². The summed E-state index contributed by atoms with van der Waals surface area (Å²) >= 11 is 0. The van der Waals surface area contributed by atoms with E-state index in [4.69, 9.17) is 5.73 Å². The molecular formula is C6H4NW23Y23-3. The molecule has 1 nitrogen and oxygen atoms in total. The smallest absolute Gasteiger partial charge is 0 e. The summed E-state index contributed by atoms with van der Waals surface area (Å²) in [6, 6.07) is 10.5. The Labute approximate surface area is 1230 Å². The SMILES string of the molecule is [NH-]c1[c-]ccc[c-]1.[W].[W].[W].[W].[W].[W].[W].[W].[W].[W].[W].[W].[W].[W].[W].[W].[W].[W].[W].[W].[W].[W].[W].[Y].[Y].[Y].[Y].[Y].[Y].[Y].[Y].[Y].[Y].[Y].[Y].[Y].[Y].[Y].[Y].[Y].[Y].[Y].[Y].[Y].[Y].[Y]. The summed E-state index contributed by atoms with van der Waals surface area (Å²) < 4.78 is 0. The van der Waals surface area contributed by atoms with Crippen LogP contribution >= 0.6 is 0 Å². The average Bonchev–Trinajstić information content (AvgIpc) is 1.69. The maximum Gasteiger partial charge on any atom is 0 e. The molecule has 0 atom stereocenters. The van der Waals surface area contributed by atoms with E-state index in [2.05, 4.69) is 12.1 Å². The van der Waals surface area contributed by atoms with Gasteiger partial charge in [-0.1, -0.05) is 0 Å². The first-order valence-corrected chi connectivity index (χ1v) is 1.99. The first-order valence-electron chi connectivity index (χ1n) is 1.99. The molecule has 0 aliphatic carbocycles. The summed E-state index contributed by atoms with van der Waals surface area (Å²) in [5.41, 5.74) is 7.21. The van der Waals surface area contributed by atoms with Crippen LogP contribution in [0.5, 0.6) is 0 Å². The second-order valence-corrected chi connectivity index (χ2v) is 1.19. The van der Waals surface area contributed by atoms with Crippen LogP contribution < -0.4 is 0 Å². The van der Waals surface area contributed by atoms with Crippen molar-refractivity contribution in [3.8, 4) is 0 Å². The summed E-state index contributed by atoms with van der Waals surface area (Å²) in [5, 5.41) is 0. The maximum absolute atomic E-state index is 6.88. The summed E-state index contributed by atoms with van der Waals surface area (Å²) in [7, 11) is 0. The molecule has 243 valence electrons. The third-order valence-corrected chi connectivity index (χ3v) is 0.648. The monoisotopic (exact) mass is 6370 g/mol. The molecule has 0 saturated carbocycles. The molecule has 0 aliphatic rings. The zero-order valence-electron chi connectivity index (χ0n) is 26.4. The van der Waals surface area contributed by atoms with E-state index in [1.807, 2.05) is 0 Å². The van der Waals surface area contributed by atoms with Gasteiger partial charge < -0.3 is 23.6 Å². The number of hydrogen-bond donors (Lipinski definition) is 0. The van der Waals surface area contributed by atoms with Crippen LogP contribution in [0.4, 0.5) is 5.69 Å². The van der Waals surface area contributed by atoms with Crippen LogP contribution in [0.2, 0.25) is 0 Å². The van der Waals surface area contributed by atoms with Gasteiger partial charge in [0, 0.05) is 1240 Å². The fourth-order valence-electron chi connectivity index (χ4n) is 0.353. The standard InChI is InChI=1S/C6H4N.23W.23Y/c7-6-4-2-1-3-5-6;;;;;;;;;;;;;;;;;;;;;;;;;;;;;;;;;;;;;;;;;;;;;;/h1-3,7H;;;;;;;;;;;;;;;;;;;;;;;;;;;;;;;;;;;;;;;;;;;;;;/q-3;;;;;;;;;;;;;;;;;;;;;;;;;;;;;;;;;;;;;;;;;;;;;;. The van der Waals surface area contributed by atoms with Gasteiger partial charge in [0.2, 0.25) is 0 Å². The molecule has 1 aromatic carbocycles. The van der Waals surface area contributed by atoms with Crippen molar-refractivity contribution in [2.24, 2.45) is 0 Å². The van der Waals surface area contributed by atoms with Gasteiger partial charge in [-0.3, -0.25) is 18.2 Å². The Morgan fingerprint density at radius 1 is 0.208 bits per heavy atom. The van der Waals surface area contributed by atoms with Gasteiger partial charge in [0.1, 0.15) is 0 Å². The molecule has 47 heteroatoms. The molecule has 53 heavy (non-hydrogen) atoms. The zero-order chi connectivity index (χ0) is 5.11. The molecule has 0 aromatic heterocycles. The van der Waals surface area contributed by atoms with Crippen molar-refractivity contribution in [3.05, 3.63) is 36.1 Å². The molecule has 0 bridgehead atoms. The Hall–Kier alpha value is 40.2. The predicted octanol–water partition coefficient (Wildman–Crippen LogP) is 1.86. The third kappa shape index (κ3) is 323. The minimum atomic E-state index is 0. The Balaban J connectivity index is -0.000000000242. The third-order valence-electron chi connectivity index (χ3n) is 0.648. The van der Waals surface area contributed by atoms with Crippen molar-refractivity contribution in [1.29, 1.82) is 0 Å². The fraction of sp³-hybridized carbons (Fsp3) is 0. The van der Waals surface area contributed by atoms with E-state index in [1.54, 1.807) is 18.2 Å². The maximum atomic E-state index is 6.88. The van der Waals surface area contributed by atoms with Crippen LogP contribution in [0.3, 0.4) is 0 Å². The molecule has 0 fully saturated rings. The van der Waals surface area contributed by atoms with E-state index < -0.39 is 0 Å². The fourth-order valence-corrected chi connectivity index (χ4v) is 0.353. The van der Waals surface area contributed by atoms with Crippen molar-refractivity contribution in [1.82, 2.24) is 0 Å². The van der Waals surface area contributed by atoms with Gasteiger partial charge in [0.15, 0.2) is 0 Å². The number of nitrogens with one attached hydrogen (secondary N) is 1. The molecule has 0 amide bonds. The Morgan fingerprint density at radius 3 is 0.321 bits per heavy atom. The Kier molecular flexibility index (Phi) is 2210. The molecule has 23 radical (unpaired) electrons.